The fraction of sp³-hybridized carbons (Fsp3) is 0.833. The fourth-order valence-electron chi connectivity index (χ4n) is 8.00. The molecule has 8 atom stereocenters. The number of aliphatic hydroxyl groups is 2. The number of hydrogen-bond donors (Lipinski definition) is 2. The van der Waals surface area contributed by atoms with Crippen LogP contribution in [0.4, 0.5) is 0 Å². The molecule has 5 rings (SSSR count). The second-order valence-corrected chi connectivity index (χ2v) is 10.6. The molecule has 0 heterocycles. The maximum Gasteiger partial charge on any atom is 0.0757 e. The third-order valence-electron chi connectivity index (χ3n) is 9.68. The molecule has 0 aromatic carbocycles. The highest BCUT2D eigenvalue weighted by Gasteiger charge is 2.60. The molecule has 26 heavy (non-hydrogen) atoms. The standard InChI is InChI=1S/C24H36O2/c1-23-11-9-16(15-5-3-4-6-15)13-17(23)14-20(25)22-18-7-8-21(26)24(18,2)12-10-19(22)23/h5,14,16,18-22,25-26H,3-4,6-13H2,1-2H3/t16-,18?,19?,20?,21-,22?,23-,24-/m0/s1. The van der Waals surface area contributed by atoms with Crippen LogP contribution in [0.5, 0.6) is 0 Å². The maximum atomic E-state index is 11.2. The minimum atomic E-state index is -0.297. The van der Waals surface area contributed by atoms with Gasteiger partial charge in [0, 0.05) is 0 Å². The van der Waals surface area contributed by atoms with Gasteiger partial charge >= 0.3 is 0 Å². The lowest BCUT2D eigenvalue weighted by Gasteiger charge is -2.59. The predicted octanol–water partition coefficient (Wildman–Crippen LogP) is 5.01. The van der Waals surface area contributed by atoms with Crippen molar-refractivity contribution >= 4 is 0 Å². The lowest BCUT2D eigenvalue weighted by atomic mass is 9.46. The summed E-state index contributed by atoms with van der Waals surface area (Å²) in [6, 6.07) is 0. The van der Waals surface area contributed by atoms with Crippen LogP contribution in [0.2, 0.25) is 0 Å². The summed E-state index contributed by atoms with van der Waals surface area (Å²) in [5, 5.41) is 21.8. The van der Waals surface area contributed by atoms with E-state index >= 15 is 0 Å². The zero-order chi connectivity index (χ0) is 18.1. The molecule has 0 aromatic rings. The molecule has 5 aliphatic carbocycles. The van der Waals surface area contributed by atoms with Gasteiger partial charge in [0.25, 0.3) is 0 Å². The van der Waals surface area contributed by atoms with E-state index in [1.54, 1.807) is 11.1 Å². The van der Waals surface area contributed by atoms with Gasteiger partial charge < -0.3 is 10.2 Å². The molecule has 0 spiro atoms. The van der Waals surface area contributed by atoms with Gasteiger partial charge in [-0.05, 0) is 98.7 Å². The average Bonchev–Trinajstić information content (AvgIpc) is 3.24. The smallest absolute Gasteiger partial charge is 0.0757 e. The van der Waals surface area contributed by atoms with E-state index in [9.17, 15) is 10.2 Å². The quantitative estimate of drug-likeness (QED) is 0.649. The molecule has 0 radical (unpaired) electrons. The minimum Gasteiger partial charge on any atom is -0.393 e. The van der Waals surface area contributed by atoms with E-state index in [0.717, 1.165) is 25.2 Å². The fourth-order valence-corrected chi connectivity index (χ4v) is 8.00. The molecule has 0 saturated heterocycles. The topological polar surface area (TPSA) is 40.5 Å². The largest absolute Gasteiger partial charge is 0.393 e. The van der Waals surface area contributed by atoms with Gasteiger partial charge in [-0.15, -0.1) is 0 Å². The molecule has 144 valence electrons. The first-order chi connectivity index (χ1) is 12.4. The van der Waals surface area contributed by atoms with Gasteiger partial charge in [-0.2, -0.15) is 0 Å². The molecule has 2 nitrogen and oxygen atoms in total. The molecule has 0 amide bonds. The first-order valence-electron chi connectivity index (χ1n) is 11.2. The zero-order valence-corrected chi connectivity index (χ0v) is 16.6. The molecule has 3 fully saturated rings. The van der Waals surface area contributed by atoms with E-state index in [1.165, 1.54) is 44.9 Å². The van der Waals surface area contributed by atoms with E-state index in [4.69, 9.17) is 0 Å². The molecule has 2 heteroatoms. The van der Waals surface area contributed by atoms with Crippen molar-refractivity contribution in [2.75, 3.05) is 0 Å². The van der Waals surface area contributed by atoms with Crippen LogP contribution in [-0.4, -0.2) is 22.4 Å². The van der Waals surface area contributed by atoms with Gasteiger partial charge in [-0.1, -0.05) is 37.1 Å². The molecule has 2 N–H and O–H groups in total. The Kier molecular flexibility index (Phi) is 4.00. The lowest BCUT2D eigenvalue weighted by Crippen LogP contribution is -2.54. The Labute approximate surface area is 158 Å². The van der Waals surface area contributed by atoms with Gasteiger partial charge in [0.1, 0.15) is 0 Å². The molecule has 0 aliphatic heterocycles. The van der Waals surface area contributed by atoms with E-state index in [2.05, 4.69) is 26.0 Å². The number of hydrogen-bond acceptors (Lipinski definition) is 2. The average molecular weight is 357 g/mol. The van der Waals surface area contributed by atoms with Crippen LogP contribution in [0.15, 0.2) is 23.3 Å². The Bertz CT molecular complexity index is 649. The van der Waals surface area contributed by atoms with Crippen LogP contribution >= 0.6 is 0 Å². The van der Waals surface area contributed by atoms with Crippen molar-refractivity contribution in [2.24, 2.45) is 34.5 Å². The van der Waals surface area contributed by atoms with Crippen molar-refractivity contribution in [2.45, 2.75) is 90.3 Å². The number of fused-ring (bicyclic) bond motifs is 5. The first-order valence-corrected chi connectivity index (χ1v) is 11.2. The highest BCUT2D eigenvalue weighted by atomic mass is 16.3. The van der Waals surface area contributed by atoms with E-state index < -0.39 is 0 Å². The summed E-state index contributed by atoms with van der Waals surface area (Å²) in [7, 11) is 0. The van der Waals surface area contributed by atoms with Gasteiger partial charge in [-0.3, -0.25) is 0 Å². The molecule has 4 unspecified atom stereocenters. The molecular weight excluding hydrogens is 320 g/mol. The van der Waals surface area contributed by atoms with Crippen molar-refractivity contribution < 1.29 is 10.2 Å². The highest BCUT2D eigenvalue weighted by molar-refractivity contribution is 5.30. The van der Waals surface area contributed by atoms with Crippen molar-refractivity contribution in [3.8, 4) is 0 Å². The van der Waals surface area contributed by atoms with Gasteiger partial charge in [0.2, 0.25) is 0 Å². The monoisotopic (exact) mass is 356 g/mol. The van der Waals surface area contributed by atoms with Crippen LogP contribution in [0.25, 0.3) is 0 Å². The minimum absolute atomic E-state index is 0.0374. The first kappa shape index (κ1) is 17.5. The van der Waals surface area contributed by atoms with Crippen LogP contribution in [0, 0.1) is 34.5 Å². The van der Waals surface area contributed by atoms with Gasteiger partial charge in [-0.25, -0.2) is 0 Å². The Morgan fingerprint density at radius 2 is 1.85 bits per heavy atom. The van der Waals surface area contributed by atoms with Crippen molar-refractivity contribution in [1.82, 2.24) is 0 Å². The second-order valence-electron chi connectivity index (χ2n) is 10.6. The third kappa shape index (κ3) is 2.30. The predicted molar refractivity (Wildman–Crippen MR) is 105 cm³/mol. The van der Waals surface area contributed by atoms with Gasteiger partial charge in [0.05, 0.1) is 12.2 Å². The van der Waals surface area contributed by atoms with Crippen LogP contribution in [0.1, 0.15) is 78.1 Å². The summed E-state index contributed by atoms with van der Waals surface area (Å²) in [6.07, 6.45) is 16.4. The highest BCUT2D eigenvalue weighted by Crippen LogP contribution is 2.65. The normalized spacial score (nSPS) is 53.4. The van der Waals surface area contributed by atoms with Crippen LogP contribution < -0.4 is 0 Å². The van der Waals surface area contributed by atoms with Crippen LogP contribution in [-0.2, 0) is 0 Å². The summed E-state index contributed by atoms with van der Waals surface area (Å²) in [5.74, 6) is 2.21. The second kappa shape index (κ2) is 5.95. The number of aliphatic hydroxyl groups excluding tert-OH is 2. The van der Waals surface area contributed by atoms with E-state index in [-0.39, 0.29) is 23.0 Å². The van der Waals surface area contributed by atoms with Crippen molar-refractivity contribution in [3.63, 3.8) is 0 Å². The summed E-state index contributed by atoms with van der Waals surface area (Å²) in [6.45, 7) is 4.80. The van der Waals surface area contributed by atoms with Crippen molar-refractivity contribution in [3.05, 3.63) is 23.3 Å². The van der Waals surface area contributed by atoms with Crippen molar-refractivity contribution in [1.29, 1.82) is 0 Å². The van der Waals surface area contributed by atoms with E-state index in [1.807, 2.05) is 0 Å². The number of rotatable bonds is 1. The molecule has 0 aromatic heterocycles. The Hall–Kier alpha value is -0.600. The van der Waals surface area contributed by atoms with Crippen LogP contribution in [0.3, 0.4) is 0 Å². The third-order valence-corrected chi connectivity index (χ3v) is 9.68. The van der Waals surface area contributed by atoms with Gasteiger partial charge in [0.15, 0.2) is 0 Å². The Morgan fingerprint density at radius 1 is 1.00 bits per heavy atom. The van der Waals surface area contributed by atoms with E-state index in [0.29, 0.717) is 17.8 Å². The zero-order valence-electron chi connectivity index (χ0n) is 16.6. The SMILES string of the molecule is C[C@]12CC[C@H](C3=CCCC3)CC1=CC(O)C1C2CC[C@@]2(C)C1CC[C@@H]2O. The molecule has 3 saturated carbocycles. The molecule has 5 aliphatic rings. The Balaban J connectivity index is 1.46. The Morgan fingerprint density at radius 3 is 2.62 bits per heavy atom. The molecular formula is C24H36O2. The summed E-state index contributed by atoms with van der Waals surface area (Å²) >= 11 is 0. The lowest BCUT2D eigenvalue weighted by molar-refractivity contribution is -0.102. The summed E-state index contributed by atoms with van der Waals surface area (Å²) in [5.41, 5.74) is 3.60. The maximum absolute atomic E-state index is 11.2. The number of allylic oxidation sites excluding steroid dienone is 3. The summed E-state index contributed by atoms with van der Waals surface area (Å²) < 4.78 is 0. The summed E-state index contributed by atoms with van der Waals surface area (Å²) in [4.78, 5) is 0. The molecule has 0 bridgehead atoms.